The van der Waals surface area contributed by atoms with Crippen LogP contribution in [0.5, 0.6) is 0 Å². The van der Waals surface area contributed by atoms with Gasteiger partial charge in [0, 0.05) is 51.3 Å². The normalized spacial score (nSPS) is 19.9. The third-order valence-electron chi connectivity index (χ3n) is 6.02. The van der Waals surface area contributed by atoms with Gasteiger partial charge in [-0.25, -0.2) is 4.99 Å². The number of hydrogen-bond acceptors (Lipinski definition) is 7. The van der Waals surface area contributed by atoms with Crippen molar-refractivity contribution >= 4 is 30.0 Å². The Hall–Kier alpha value is -2.33. The first-order valence-corrected chi connectivity index (χ1v) is 11.0. The van der Waals surface area contributed by atoms with Gasteiger partial charge in [-0.1, -0.05) is 6.07 Å². The molecule has 0 unspecified atom stereocenters. The molecule has 2 fully saturated rings. The van der Waals surface area contributed by atoms with Gasteiger partial charge in [0.2, 0.25) is 12.3 Å². The number of amides is 2. The summed E-state index contributed by atoms with van der Waals surface area (Å²) in [5.41, 5.74) is 1.38. The molecule has 0 aromatic heterocycles. The summed E-state index contributed by atoms with van der Waals surface area (Å²) >= 11 is 0. The van der Waals surface area contributed by atoms with E-state index in [4.69, 9.17) is 0 Å². The SMILES string of the molecule is CN1CCN(CCC(=O)Nc2ccc(CC3(O)CCNCC3)c(N=CNC=O)c2)CC1. The van der Waals surface area contributed by atoms with Crippen molar-refractivity contribution in [2.24, 2.45) is 4.99 Å². The van der Waals surface area contributed by atoms with E-state index in [1.807, 2.05) is 12.1 Å². The highest BCUT2D eigenvalue weighted by Gasteiger charge is 2.30. The van der Waals surface area contributed by atoms with E-state index in [9.17, 15) is 14.7 Å². The average Bonchev–Trinajstić information content (AvgIpc) is 2.75. The number of aliphatic hydroxyl groups is 1. The van der Waals surface area contributed by atoms with Crippen LogP contribution in [-0.2, 0) is 16.0 Å². The van der Waals surface area contributed by atoms with Gasteiger partial charge in [-0.05, 0) is 50.7 Å². The minimum absolute atomic E-state index is 0.0374. The molecule has 1 aromatic carbocycles. The first kappa shape index (κ1) is 23.3. The zero-order chi connectivity index (χ0) is 22.1. The van der Waals surface area contributed by atoms with E-state index < -0.39 is 5.60 Å². The maximum absolute atomic E-state index is 12.5. The number of hydrogen-bond donors (Lipinski definition) is 4. The lowest BCUT2D eigenvalue weighted by Gasteiger charge is -2.33. The van der Waals surface area contributed by atoms with E-state index in [1.165, 1.54) is 6.34 Å². The molecule has 0 radical (unpaired) electrons. The third-order valence-corrected chi connectivity index (χ3v) is 6.02. The Morgan fingerprint density at radius 2 is 2.00 bits per heavy atom. The summed E-state index contributed by atoms with van der Waals surface area (Å²) in [6.07, 6.45) is 4.12. The fourth-order valence-corrected chi connectivity index (χ4v) is 4.03. The Morgan fingerprint density at radius 1 is 1.26 bits per heavy atom. The van der Waals surface area contributed by atoms with Crippen LogP contribution in [0.2, 0.25) is 0 Å². The lowest BCUT2D eigenvalue weighted by atomic mass is 9.85. The monoisotopic (exact) mass is 430 g/mol. The summed E-state index contributed by atoms with van der Waals surface area (Å²) < 4.78 is 0. The predicted octanol–water partition coefficient (Wildman–Crippen LogP) is 0.325. The number of rotatable bonds is 9. The first-order chi connectivity index (χ1) is 15.0. The Bertz CT molecular complexity index is 771. The fraction of sp³-hybridized carbons (Fsp3) is 0.591. The first-order valence-electron chi connectivity index (χ1n) is 11.0. The molecule has 2 heterocycles. The summed E-state index contributed by atoms with van der Waals surface area (Å²) in [7, 11) is 2.11. The van der Waals surface area contributed by atoms with Crippen LogP contribution in [0.3, 0.4) is 0 Å². The van der Waals surface area contributed by atoms with Crippen LogP contribution in [0.4, 0.5) is 11.4 Å². The molecule has 3 rings (SSSR count). The molecule has 0 bridgehead atoms. The largest absolute Gasteiger partial charge is 0.389 e. The second kappa shape index (κ2) is 11.3. The highest BCUT2D eigenvalue weighted by molar-refractivity contribution is 5.91. The van der Waals surface area contributed by atoms with Crippen molar-refractivity contribution in [1.82, 2.24) is 20.4 Å². The highest BCUT2D eigenvalue weighted by Crippen LogP contribution is 2.30. The number of carbonyl (C=O) groups is 2. The Morgan fingerprint density at radius 3 is 2.71 bits per heavy atom. The minimum Gasteiger partial charge on any atom is -0.389 e. The standard InChI is InChI=1S/C22H34N6O3/c1-27-10-12-28(13-11-27)9-4-21(30)26-19-3-2-18(20(14-19)25-16-24-17-29)15-22(31)5-7-23-8-6-22/h2-3,14,16-17,23,31H,4-13,15H2,1H3,(H,26,30)(H,24,25,29). The van der Waals surface area contributed by atoms with Gasteiger partial charge in [0.15, 0.2) is 0 Å². The summed E-state index contributed by atoms with van der Waals surface area (Å²) in [4.78, 5) is 31.9. The molecule has 2 aliphatic heterocycles. The van der Waals surface area contributed by atoms with Crippen LogP contribution in [0.1, 0.15) is 24.8 Å². The van der Waals surface area contributed by atoms with Crippen molar-refractivity contribution in [3.05, 3.63) is 23.8 Å². The number of nitrogens with zero attached hydrogens (tertiary/aromatic N) is 3. The zero-order valence-corrected chi connectivity index (χ0v) is 18.3. The second-order valence-electron chi connectivity index (χ2n) is 8.48. The molecular weight excluding hydrogens is 396 g/mol. The molecule has 2 aliphatic rings. The molecule has 4 N–H and O–H groups in total. The molecule has 0 spiro atoms. The van der Waals surface area contributed by atoms with Gasteiger partial charge in [-0.2, -0.15) is 0 Å². The van der Waals surface area contributed by atoms with Crippen molar-refractivity contribution in [2.45, 2.75) is 31.3 Å². The van der Waals surface area contributed by atoms with Crippen LogP contribution < -0.4 is 16.0 Å². The third kappa shape index (κ3) is 7.39. The zero-order valence-electron chi connectivity index (χ0n) is 18.3. The van der Waals surface area contributed by atoms with E-state index in [0.29, 0.717) is 43.5 Å². The topological polar surface area (TPSA) is 109 Å². The number of benzene rings is 1. The number of aliphatic imine (C=N–C) groups is 1. The number of piperazine rings is 1. The molecule has 0 atom stereocenters. The van der Waals surface area contributed by atoms with Crippen LogP contribution >= 0.6 is 0 Å². The molecule has 2 amide bonds. The van der Waals surface area contributed by atoms with Gasteiger partial charge in [0.05, 0.1) is 17.6 Å². The van der Waals surface area contributed by atoms with Crippen molar-refractivity contribution < 1.29 is 14.7 Å². The van der Waals surface area contributed by atoms with Crippen molar-refractivity contribution in [1.29, 1.82) is 0 Å². The van der Waals surface area contributed by atoms with E-state index in [-0.39, 0.29) is 5.91 Å². The molecule has 9 heteroatoms. The lowest BCUT2D eigenvalue weighted by Crippen LogP contribution is -2.45. The van der Waals surface area contributed by atoms with Gasteiger partial charge in [0.1, 0.15) is 0 Å². The second-order valence-corrected chi connectivity index (χ2v) is 8.48. The van der Waals surface area contributed by atoms with E-state index in [2.05, 4.69) is 37.8 Å². The average molecular weight is 431 g/mol. The van der Waals surface area contributed by atoms with E-state index >= 15 is 0 Å². The smallest absolute Gasteiger partial charge is 0.225 e. The number of likely N-dealkylation sites (N-methyl/N-ethyl adjacent to an activating group) is 1. The van der Waals surface area contributed by atoms with Gasteiger partial charge in [0.25, 0.3) is 0 Å². The highest BCUT2D eigenvalue weighted by atomic mass is 16.3. The van der Waals surface area contributed by atoms with Gasteiger partial charge >= 0.3 is 0 Å². The Labute approximate surface area is 183 Å². The van der Waals surface area contributed by atoms with E-state index in [0.717, 1.165) is 51.4 Å². The van der Waals surface area contributed by atoms with Crippen LogP contribution in [0.15, 0.2) is 23.2 Å². The van der Waals surface area contributed by atoms with Gasteiger partial charge in [-0.15, -0.1) is 0 Å². The fourth-order valence-electron chi connectivity index (χ4n) is 4.03. The number of nitrogens with one attached hydrogen (secondary N) is 3. The Kier molecular flexibility index (Phi) is 8.53. The quantitative estimate of drug-likeness (QED) is 0.255. The number of piperidine rings is 1. The van der Waals surface area contributed by atoms with Crippen LogP contribution in [0, 0.1) is 0 Å². The molecular formula is C22H34N6O3. The van der Waals surface area contributed by atoms with Crippen molar-refractivity contribution in [3.63, 3.8) is 0 Å². The van der Waals surface area contributed by atoms with Crippen LogP contribution in [-0.4, -0.2) is 92.0 Å². The number of carbonyl (C=O) groups excluding carboxylic acids is 2. The Balaban J connectivity index is 1.62. The summed E-state index contributed by atoms with van der Waals surface area (Å²) in [5.74, 6) is -0.0374. The molecule has 0 saturated carbocycles. The lowest BCUT2D eigenvalue weighted by molar-refractivity contribution is -0.116. The number of anilines is 1. The maximum Gasteiger partial charge on any atom is 0.225 e. The summed E-state index contributed by atoms with van der Waals surface area (Å²) in [5, 5.41) is 19.5. The predicted molar refractivity (Wildman–Crippen MR) is 122 cm³/mol. The summed E-state index contributed by atoms with van der Waals surface area (Å²) in [6, 6.07) is 5.53. The molecule has 170 valence electrons. The molecule has 31 heavy (non-hydrogen) atoms. The van der Waals surface area contributed by atoms with Crippen molar-refractivity contribution in [3.8, 4) is 0 Å². The van der Waals surface area contributed by atoms with Crippen molar-refractivity contribution in [2.75, 3.05) is 58.2 Å². The maximum atomic E-state index is 12.5. The van der Waals surface area contributed by atoms with Gasteiger partial charge < -0.3 is 30.9 Å². The molecule has 9 nitrogen and oxygen atoms in total. The van der Waals surface area contributed by atoms with E-state index in [1.54, 1.807) is 6.07 Å². The van der Waals surface area contributed by atoms with Crippen LogP contribution in [0.25, 0.3) is 0 Å². The van der Waals surface area contributed by atoms with Gasteiger partial charge in [-0.3, -0.25) is 9.59 Å². The molecule has 1 aromatic rings. The minimum atomic E-state index is -0.777. The molecule has 0 aliphatic carbocycles. The molecule has 2 saturated heterocycles. The summed E-state index contributed by atoms with van der Waals surface area (Å²) in [6.45, 7) is 6.34.